The van der Waals surface area contributed by atoms with E-state index in [1.54, 1.807) is 11.3 Å². The lowest BCUT2D eigenvalue weighted by Gasteiger charge is -2.09. The number of benzene rings is 7. The number of para-hydroxylation sites is 1. The van der Waals surface area contributed by atoms with Gasteiger partial charge in [0.15, 0.2) is 0 Å². The Morgan fingerprint density at radius 1 is 0.444 bits per heavy atom. The van der Waals surface area contributed by atoms with Gasteiger partial charge in [-0.1, -0.05) is 78.9 Å². The predicted octanol–water partition coefficient (Wildman–Crippen LogP) is 12.2. The van der Waals surface area contributed by atoms with Gasteiger partial charge in [-0.15, -0.1) is 22.7 Å². The molecular weight excluding hydrogens is 585 g/mol. The van der Waals surface area contributed by atoms with Crippen molar-refractivity contribution in [2.75, 3.05) is 0 Å². The fraction of sp³-hybridized carbons (Fsp3) is 0. The second-order valence-electron chi connectivity index (χ2n) is 11.6. The van der Waals surface area contributed by atoms with Crippen LogP contribution in [0.3, 0.4) is 0 Å². The lowest BCUT2D eigenvalue weighted by atomic mass is 10.0. The van der Waals surface area contributed by atoms with Gasteiger partial charge >= 0.3 is 0 Å². The lowest BCUT2D eigenvalue weighted by Crippen LogP contribution is -1.93. The monoisotopic (exact) mass is 608 g/mol. The van der Waals surface area contributed by atoms with Gasteiger partial charge in [0.25, 0.3) is 0 Å². The van der Waals surface area contributed by atoms with Gasteiger partial charge in [0, 0.05) is 42.2 Å². The normalized spacial score (nSPS) is 12.0. The Morgan fingerprint density at radius 3 is 2.02 bits per heavy atom. The molecule has 0 N–H and O–H groups in total. The molecule has 0 bridgehead atoms. The highest BCUT2D eigenvalue weighted by molar-refractivity contribution is 7.26. The summed E-state index contributed by atoms with van der Waals surface area (Å²) in [5.74, 6) is 0. The SMILES string of the molecule is c1ccc(-c2ccc3sc4ccc5sc(-c6ccc(-n7c8ccccc8c8cc9ccccc9cc87)cc6)nc5c4c3c2)cc1. The molecule has 45 heavy (non-hydrogen) atoms. The average molecular weight is 609 g/mol. The van der Waals surface area contributed by atoms with Crippen molar-refractivity contribution in [1.29, 1.82) is 0 Å². The maximum Gasteiger partial charge on any atom is 0.124 e. The van der Waals surface area contributed by atoms with Crippen LogP contribution in [0.15, 0.2) is 146 Å². The Balaban J connectivity index is 1.11. The second-order valence-corrected chi connectivity index (χ2v) is 13.7. The van der Waals surface area contributed by atoms with Crippen LogP contribution in [-0.4, -0.2) is 9.55 Å². The van der Waals surface area contributed by atoms with E-state index in [1.807, 2.05) is 11.3 Å². The number of hydrogen-bond donors (Lipinski definition) is 0. The Hall–Kier alpha value is -5.29. The zero-order valence-electron chi connectivity index (χ0n) is 24.1. The van der Waals surface area contributed by atoms with Gasteiger partial charge in [-0.05, 0) is 88.6 Å². The average Bonchev–Trinajstić information content (AvgIpc) is 3.79. The molecule has 3 aromatic heterocycles. The Bertz CT molecular complexity index is 2750. The van der Waals surface area contributed by atoms with Gasteiger partial charge in [-0.2, -0.15) is 0 Å². The number of nitrogens with zero attached hydrogens (tertiary/aromatic N) is 2. The molecule has 0 amide bonds. The largest absolute Gasteiger partial charge is 0.309 e. The predicted molar refractivity (Wildman–Crippen MR) is 195 cm³/mol. The van der Waals surface area contributed by atoms with E-state index in [4.69, 9.17) is 4.98 Å². The standard InChI is InChI=1S/C41H24N2S2/c1-2-8-25(9-3-1)29-16-19-36-33(23-29)39-37(44-36)20-21-38-40(39)42-41(45-38)26-14-17-30(18-15-26)43-34-13-7-6-12-31(34)32-22-27-10-4-5-11-28(27)24-35(32)43/h1-24H. The molecule has 2 nitrogen and oxygen atoms in total. The number of hydrogen-bond acceptors (Lipinski definition) is 3. The summed E-state index contributed by atoms with van der Waals surface area (Å²) in [5, 5.41) is 8.68. The summed E-state index contributed by atoms with van der Waals surface area (Å²) in [7, 11) is 0. The van der Waals surface area contributed by atoms with Gasteiger partial charge in [0.2, 0.25) is 0 Å². The molecule has 0 unspecified atom stereocenters. The third-order valence-corrected chi connectivity index (χ3v) is 11.2. The van der Waals surface area contributed by atoms with Gasteiger partial charge in [0.1, 0.15) is 5.01 Å². The molecule has 0 aliphatic carbocycles. The van der Waals surface area contributed by atoms with Crippen LogP contribution in [0.1, 0.15) is 0 Å². The van der Waals surface area contributed by atoms with Gasteiger partial charge < -0.3 is 4.57 Å². The molecule has 0 saturated carbocycles. The van der Waals surface area contributed by atoms with Crippen molar-refractivity contribution >= 4 is 85.6 Å². The van der Waals surface area contributed by atoms with E-state index >= 15 is 0 Å². The van der Waals surface area contributed by atoms with E-state index in [0.717, 1.165) is 21.8 Å². The number of aromatic nitrogens is 2. The number of rotatable bonds is 3. The first-order valence-electron chi connectivity index (χ1n) is 15.1. The van der Waals surface area contributed by atoms with E-state index in [0.29, 0.717) is 0 Å². The van der Waals surface area contributed by atoms with E-state index in [1.165, 1.54) is 68.6 Å². The summed E-state index contributed by atoms with van der Waals surface area (Å²) < 4.78 is 6.20. The van der Waals surface area contributed by atoms with Crippen LogP contribution in [-0.2, 0) is 0 Å². The number of thiophene rings is 1. The maximum atomic E-state index is 5.28. The molecular formula is C41H24N2S2. The highest BCUT2D eigenvalue weighted by Crippen LogP contribution is 2.43. The molecule has 210 valence electrons. The molecule has 0 saturated heterocycles. The van der Waals surface area contributed by atoms with Crippen LogP contribution < -0.4 is 0 Å². The van der Waals surface area contributed by atoms with E-state index in [9.17, 15) is 0 Å². The van der Waals surface area contributed by atoms with Crippen molar-refractivity contribution in [3.05, 3.63) is 146 Å². The first-order valence-corrected chi connectivity index (χ1v) is 16.8. The third kappa shape index (κ3) is 3.83. The minimum Gasteiger partial charge on any atom is -0.309 e. The summed E-state index contributed by atoms with van der Waals surface area (Å²) in [4.78, 5) is 5.28. The Morgan fingerprint density at radius 2 is 1.16 bits per heavy atom. The highest BCUT2D eigenvalue weighted by atomic mass is 32.1. The van der Waals surface area contributed by atoms with Gasteiger partial charge in [-0.25, -0.2) is 4.98 Å². The second kappa shape index (κ2) is 9.60. The fourth-order valence-corrected chi connectivity index (χ4v) is 8.94. The lowest BCUT2D eigenvalue weighted by molar-refractivity contribution is 1.18. The summed E-state index contributed by atoms with van der Waals surface area (Å²) in [6.45, 7) is 0. The maximum absolute atomic E-state index is 5.28. The molecule has 0 fully saturated rings. The first kappa shape index (κ1) is 25.1. The van der Waals surface area contributed by atoms with E-state index in [-0.39, 0.29) is 0 Å². The van der Waals surface area contributed by atoms with Crippen molar-refractivity contribution in [1.82, 2.24) is 9.55 Å². The molecule has 7 aromatic carbocycles. The van der Waals surface area contributed by atoms with E-state index in [2.05, 4.69) is 150 Å². The topological polar surface area (TPSA) is 17.8 Å². The molecule has 10 aromatic rings. The molecule has 0 spiro atoms. The third-order valence-electron chi connectivity index (χ3n) is 9.01. The minimum atomic E-state index is 1.05. The van der Waals surface area contributed by atoms with Crippen molar-refractivity contribution in [2.24, 2.45) is 0 Å². The van der Waals surface area contributed by atoms with Crippen LogP contribution >= 0.6 is 22.7 Å². The van der Waals surface area contributed by atoms with Crippen molar-refractivity contribution in [3.63, 3.8) is 0 Å². The van der Waals surface area contributed by atoms with Crippen LogP contribution in [0.4, 0.5) is 0 Å². The molecule has 0 aliphatic rings. The van der Waals surface area contributed by atoms with Crippen LogP contribution in [0.25, 0.3) is 90.4 Å². The fourth-order valence-electron chi connectivity index (χ4n) is 6.87. The molecule has 10 rings (SSSR count). The zero-order valence-corrected chi connectivity index (χ0v) is 25.7. The summed E-state index contributed by atoms with van der Waals surface area (Å²) >= 11 is 3.62. The van der Waals surface area contributed by atoms with Crippen LogP contribution in [0.5, 0.6) is 0 Å². The summed E-state index contributed by atoms with van der Waals surface area (Å²) in [6.07, 6.45) is 0. The Kier molecular flexibility index (Phi) is 5.35. The van der Waals surface area contributed by atoms with Gasteiger partial charge in [0.05, 0.1) is 21.3 Å². The molecule has 4 heteroatoms. The zero-order chi connectivity index (χ0) is 29.5. The quantitative estimate of drug-likeness (QED) is 0.195. The van der Waals surface area contributed by atoms with Crippen molar-refractivity contribution < 1.29 is 0 Å². The summed E-state index contributed by atoms with van der Waals surface area (Å²) in [5.41, 5.74) is 8.32. The Labute approximate surface area is 267 Å². The summed E-state index contributed by atoms with van der Waals surface area (Å²) in [6, 6.07) is 52.9. The highest BCUT2D eigenvalue weighted by Gasteiger charge is 2.16. The molecule has 3 heterocycles. The van der Waals surface area contributed by atoms with Crippen molar-refractivity contribution in [2.45, 2.75) is 0 Å². The van der Waals surface area contributed by atoms with Crippen LogP contribution in [0.2, 0.25) is 0 Å². The van der Waals surface area contributed by atoms with E-state index < -0.39 is 0 Å². The molecule has 0 aliphatic heterocycles. The van der Waals surface area contributed by atoms with Gasteiger partial charge in [-0.3, -0.25) is 0 Å². The molecule has 0 radical (unpaired) electrons. The number of fused-ring (bicyclic) bond motifs is 9. The minimum absolute atomic E-state index is 1.05. The van der Waals surface area contributed by atoms with Crippen LogP contribution in [0, 0.1) is 0 Å². The molecule has 0 atom stereocenters. The smallest absolute Gasteiger partial charge is 0.124 e. The number of thiazole rings is 1. The van der Waals surface area contributed by atoms with Crippen molar-refractivity contribution in [3.8, 4) is 27.4 Å². The first-order chi connectivity index (χ1) is 22.3.